The summed E-state index contributed by atoms with van der Waals surface area (Å²) in [6.45, 7) is 0. The Balaban J connectivity index is 2.38. The van der Waals surface area contributed by atoms with E-state index in [2.05, 4.69) is 0 Å². The number of hydrogen-bond acceptors (Lipinski definition) is 2. The quantitative estimate of drug-likeness (QED) is 0.812. The minimum absolute atomic E-state index is 0.277. The van der Waals surface area contributed by atoms with Crippen LogP contribution in [0.25, 0.3) is 0 Å². The summed E-state index contributed by atoms with van der Waals surface area (Å²) < 4.78 is 18.3. The van der Waals surface area contributed by atoms with Gasteiger partial charge in [0.2, 0.25) is 0 Å². The molecule has 15 heavy (non-hydrogen) atoms. The highest BCUT2D eigenvalue weighted by molar-refractivity contribution is 5.34. The molecule has 1 aliphatic rings. The van der Waals surface area contributed by atoms with Gasteiger partial charge in [0.05, 0.1) is 7.11 Å². The van der Waals surface area contributed by atoms with Gasteiger partial charge in [-0.1, -0.05) is 12.8 Å². The zero-order valence-electron chi connectivity index (χ0n) is 8.92. The second-order valence-corrected chi connectivity index (χ2v) is 4.24. The molecule has 82 valence electrons. The van der Waals surface area contributed by atoms with Gasteiger partial charge in [-0.15, -0.1) is 0 Å². The summed E-state index contributed by atoms with van der Waals surface area (Å²) >= 11 is 0. The van der Waals surface area contributed by atoms with Crippen molar-refractivity contribution in [1.82, 2.24) is 0 Å². The molecule has 0 atom stereocenters. The predicted octanol–water partition coefficient (Wildman–Crippen LogP) is 2.56. The van der Waals surface area contributed by atoms with Crippen molar-refractivity contribution in [2.45, 2.75) is 31.2 Å². The lowest BCUT2D eigenvalue weighted by molar-refractivity contribution is 0.403. The van der Waals surface area contributed by atoms with E-state index in [1.807, 2.05) is 6.07 Å². The molecule has 0 aromatic heterocycles. The van der Waals surface area contributed by atoms with Crippen LogP contribution in [-0.2, 0) is 5.54 Å². The normalized spacial score (nSPS) is 19.1. The number of halogens is 1. The van der Waals surface area contributed by atoms with Crippen molar-refractivity contribution >= 4 is 0 Å². The molecular weight excluding hydrogens is 193 g/mol. The molecule has 1 aromatic rings. The average Bonchev–Trinajstić information content (AvgIpc) is 2.65. The first-order valence-corrected chi connectivity index (χ1v) is 5.28. The summed E-state index contributed by atoms with van der Waals surface area (Å²) in [6, 6.07) is 4.74. The van der Waals surface area contributed by atoms with Gasteiger partial charge in [0.25, 0.3) is 0 Å². The van der Waals surface area contributed by atoms with E-state index in [0.29, 0.717) is 5.75 Å². The first kappa shape index (κ1) is 10.4. The first-order chi connectivity index (χ1) is 7.14. The molecule has 1 aromatic carbocycles. The van der Waals surface area contributed by atoms with Crippen molar-refractivity contribution in [3.63, 3.8) is 0 Å². The molecule has 0 bridgehead atoms. The molecule has 0 spiro atoms. The van der Waals surface area contributed by atoms with E-state index < -0.39 is 0 Å². The van der Waals surface area contributed by atoms with Gasteiger partial charge in [0.15, 0.2) is 0 Å². The van der Waals surface area contributed by atoms with E-state index in [0.717, 1.165) is 31.2 Å². The highest BCUT2D eigenvalue weighted by Gasteiger charge is 2.31. The number of nitrogens with two attached hydrogens (primary N) is 1. The molecule has 1 fully saturated rings. The van der Waals surface area contributed by atoms with Gasteiger partial charge in [-0.2, -0.15) is 0 Å². The Morgan fingerprint density at radius 1 is 1.27 bits per heavy atom. The van der Waals surface area contributed by atoms with E-state index in [-0.39, 0.29) is 11.4 Å². The second kappa shape index (κ2) is 3.81. The Labute approximate surface area is 89.2 Å². The Kier molecular flexibility index (Phi) is 2.65. The molecule has 0 heterocycles. The number of rotatable bonds is 2. The third-order valence-corrected chi connectivity index (χ3v) is 3.18. The molecule has 0 aliphatic heterocycles. The molecule has 1 saturated carbocycles. The number of ether oxygens (including phenoxy) is 1. The topological polar surface area (TPSA) is 35.2 Å². The molecule has 3 heteroatoms. The summed E-state index contributed by atoms with van der Waals surface area (Å²) in [5.74, 6) is 0.266. The summed E-state index contributed by atoms with van der Waals surface area (Å²) in [5, 5.41) is 0. The fourth-order valence-electron chi connectivity index (χ4n) is 2.26. The molecule has 0 saturated heterocycles. The van der Waals surface area contributed by atoms with Crippen molar-refractivity contribution in [1.29, 1.82) is 0 Å². The first-order valence-electron chi connectivity index (χ1n) is 5.28. The van der Waals surface area contributed by atoms with E-state index >= 15 is 0 Å². The van der Waals surface area contributed by atoms with Crippen molar-refractivity contribution in [3.8, 4) is 5.75 Å². The standard InChI is InChI=1S/C12H16FNO/c1-15-11-7-9(6-10(13)8-11)12(14)4-2-3-5-12/h6-8H,2-5,14H2,1H3. The Hall–Kier alpha value is -1.09. The van der Waals surface area contributed by atoms with Crippen LogP contribution in [0.3, 0.4) is 0 Å². The van der Waals surface area contributed by atoms with Crippen LogP contribution in [0, 0.1) is 5.82 Å². The van der Waals surface area contributed by atoms with Gasteiger partial charge in [0, 0.05) is 11.6 Å². The number of methoxy groups -OCH3 is 1. The molecule has 0 amide bonds. The third kappa shape index (κ3) is 1.97. The third-order valence-electron chi connectivity index (χ3n) is 3.18. The minimum Gasteiger partial charge on any atom is -0.497 e. The molecule has 1 aliphatic carbocycles. The lowest BCUT2D eigenvalue weighted by atomic mass is 9.89. The number of benzene rings is 1. The zero-order valence-corrected chi connectivity index (χ0v) is 8.92. The maximum atomic E-state index is 13.3. The van der Waals surface area contributed by atoms with Crippen LogP contribution in [0.15, 0.2) is 18.2 Å². The number of hydrogen-bond donors (Lipinski definition) is 1. The molecule has 0 radical (unpaired) electrons. The Bertz CT molecular complexity index is 359. The highest BCUT2D eigenvalue weighted by atomic mass is 19.1. The van der Waals surface area contributed by atoms with Crippen molar-refractivity contribution < 1.29 is 9.13 Å². The van der Waals surface area contributed by atoms with Gasteiger partial charge >= 0.3 is 0 Å². The van der Waals surface area contributed by atoms with Crippen LogP contribution in [0.4, 0.5) is 4.39 Å². The monoisotopic (exact) mass is 209 g/mol. The van der Waals surface area contributed by atoms with Crippen molar-refractivity contribution in [3.05, 3.63) is 29.6 Å². The summed E-state index contributed by atoms with van der Waals surface area (Å²) in [5.41, 5.74) is 6.76. The van der Waals surface area contributed by atoms with E-state index in [9.17, 15) is 4.39 Å². The summed E-state index contributed by atoms with van der Waals surface area (Å²) in [7, 11) is 1.54. The Morgan fingerprint density at radius 3 is 2.53 bits per heavy atom. The van der Waals surface area contributed by atoms with Crippen LogP contribution in [0.1, 0.15) is 31.2 Å². The minimum atomic E-state index is -0.352. The maximum Gasteiger partial charge on any atom is 0.127 e. The molecule has 2 nitrogen and oxygen atoms in total. The summed E-state index contributed by atoms with van der Waals surface area (Å²) in [4.78, 5) is 0. The van der Waals surface area contributed by atoms with Crippen molar-refractivity contribution in [2.24, 2.45) is 5.73 Å². The van der Waals surface area contributed by atoms with Crippen LogP contribution in [0.2, 0.25) is 0 Å². The summed E-state index contributed by atoms with van der Waals surface area (Å²) in [6.07, 6.45) is 4.10. The van der Waals surface area contributed by atoms with Gasteiger partial charge in [-0.05, 0) is 30.5 Å². The molecule has 2 N–H and O–H groups in total. The fourth-order valence-corrected chi connectivity index (χ4v) is 2.26. The van der Waals surface area contributed by atoms with Gasteiger partial charge in [-0.25, -0.2) is 4.39 Å². The maximum absolute atomic E-state index is 13.3. The lowest BCUT2D eigenvalue weighted by Gasteiger charge is -2.24. The van der Waals surface area contributed by atoms with E-state index in [4.69, 9.17) is 10.5 Å². The Morgan fingerprint density at radius 2 is 1.93 bits per heavy atom. The average molecular weight is 209 g/mol. The van der Waals surface area contributed by atoms with Crippen LogP contribution in [-0.4, -0.2) is 7.11 Å². The smallest absolute Gasteiger partial charge is 0.127 e. The van der Waals surface area contributed by atoms with E-state index in [1.165, 1.54) is 19.2 Å². The van der Waals surface area contributed by atoms with Crippen molar-refractivity contribution in [2.75, 3.05) is 7.11 Å². The largest absolute Gasteiger partial charge is 0.497 e. The molecule has 0 unspecified atom stereocenters. The predicted molar refractivity (Wildman–Crippen MR) is 57.3 cm³/mol. The molecular formula is C12H16FNO. The van der Waals surface area contributed by atoms with Crippen LogP contribution >= 0.6 is 0 Å². The molecule has 2 rings (SSSR count). The van der Waals surface area contributed by atoms with Gasteiger partial charge < -0.3 is 10.5 Å². The highest BCUT2D eigenvalue weighted by Crippen LogP contribution is 2.37. The SMILES string of the molecule is COc1cc(F)cc(C2(N)CCCC2)c1. The zero-order chi connectivity index (χ0) is 10.9. The van der Waals surface area contributed by atoms with E-state index in [1.54, 1.807) is 0 Å². The van der Waals surface area contributed by atoms with Crippen LogP contribution in [0.5, 0.6) is 5.75 Å². The fraction of sp³-hybridized carbons (Fsp3) is 0.500. The second-order valence-electron chi connectivity index (χ2n) is 4.24. The van der Waals surface area contributed by atoms with Gasteiger partial charge in [-0.3, -0.25) is 0 Å². The lowest BCUT2D eigenvalue weighted by Crippen LogP contribution is -2.33. The van der Waals surface area contributed by atoms with Gasteiger partial charge in [0.1, 0.15) is 11.6 Å². The van der Waals surface area contributed by atoms with Crippen LogP contribution < -0.4 is 10.5 Å².